The van der Waals surface area contributed by atoms with Gasteiger partial charge in [0, 0.05) is 12.6 Å². The molecule has 0 spiro atoms. The molecule has 7 nitrogen and oxygen atoms in total. The summed E-state index contributed by atoms with van der Waals surface area (Å²) in [7, 11) is -4.07. The maximum Gasteiger partial charge on any atom is 0.264 e. The average molecular weight is 548 g/mol. The summed E-state index contributed by atoms with van der Waals surface area (Å²) in [5, 5.41) is 3.09. The molecule has 0 unspecified atom stereocenters. The quantitative estimate of drug-likeness (QED) is 0.388. The number of rotatable bonds is 10. The fourth-order valence-electron chi connectivity index (χ4n) is 5.07. The lowest BCUT2D eigenvalue weighted by Crippen LogP contribution is -2.52. The Labute approximate surface area is 231 Å². The fourth-order valence-corrected chi connectivity index (χ4v) is 6.57. The first-order chi connectivity index (χ1) is 18.7. The number of sulfonamides is 1. The molecular weight excluding hydrogens is 510 g/mol. The molecule has 0 heterocycles. The van der Waals surface area contributed by atoms with Crippen molar-refractivity contribution < 1.29 is 18.0 Å². The number of hydrogen-bond acceptors (Lipinski definition) is 4. The summed E-state index contributed by atoms with van der Waals surface area (Å²) in [4.78, 5) is 28.9. The smallest absolute Gasteiger partial charge is 0.264 e. The predicted octanol–water partition coefficient (Wildman–Crippen LogP) is 4.97. The maximum atomic E-state index is 14.0. The van der Waals surface area contributed by atoms with E-state index in [0.717, 1.165) is 42.4 Å². The van der Waals surface area contributed by atoms with Crippen molar-refractivity contribution in [2.24, 2.45) is 0 Å². The molecule has 1 fully saturated rings. The molecule has 3 aromatic carbocycles. The Morgan fingerprint density at radius 1 is 0.923 bits per heavy atom. The summed E-state index contributed by atoms with van der Waals surface area (Å²) in [6, 6.07) is 22.3. The number of carbonyl (C=O) groups is 2. The van der Waals surface area contributed by atoms with E-state index in [1.54, 1.807) is 31.2 Å². The molecule has 0 saturated heterocycles. The highest BCUT2D eigenvalue weighted by atomic mass is 32.2. The van der Waals surface area contributed by atoms with Crippen LogP contribution in [0.2, 0.25) is 0 Å². The van der Waals surface area contributed by atoms with E-state index in [0.29, 0.717) is 5.69 Å². The van der Waals surface area contributed by atoms with Gasteiger partial charge in [-0.2, -0.15) is 0 Å². The molecule has 0 radical (unpaired) electrons. The molecule has 39 heavy (non-hydrogen) atoms. The molecular formula is C31H37N3O4S. The van der Waals surface area contributed by atoms with E-state index in [1.807, 2.05) is 56.3 Å². The Hall–Kier alpha value is -3.65. The van der Waals surface area contributed by atoms with Crippen LogP contribution in [0.5, 0.6) is 0 Å². The van der Waals surface area contributed by atoms with Crippen molar-refractivity contribution in [3.05, 3.63) is 95.6 Å². The fraction of sp³-hybridized carbons (Fsp3) is 0.355. The molecule has 1 aliphatic carbocycles. The van der Waals surface area contributed by atoms with Gasteiger partial charge >= 0.3 is 0 Å². The Bertz CT molecular complexity index is 1390. The standard InChI is InChI=1S/C31H37N3O4S/c1-23-18-19-29(24(2)20-23)34(39(37,38)28-16-8-5-9-17-28)22-30(35)33(21-26-12-6-4-7-13-26)25(3)31(36)32-27-14-10-11-15-27/h4-9,12-13,16-20,25,27H,10-11,14-15,21-22H2,1-3H3,(H,32,36)/t25-/m1/s1. The first kappa shape index (κ1) is 28.4. The van der Waals surface area contributed by atoms with E-state index in [4.69, 9.17) is 0 Å². The second-order valence-corrected chi connectivity index (χ2v) is 12.2. The van der Waals surface area contributed by atoms with Crippen LogP contribution in [-0.4, -0.2) is 43.8 Å². The number of nitrogens with zero attached hydrogens (tertiary/aromatic N) is 2. The summed E-state index contributed by atoms with van der Waals surface area (Å²) in [5.74, 6) is -0.678. The van der Waals surface area contributed by atoms with Crippen LogP contribution in [0.4, 0.5) is 5.69 Å². The van der Waals surface area contributed by atoms with Gasteiger partial charge in [-0.3, -0.25) is 13.9 Å². The number of benzene rings is 3. The maximum absolute atomic E-state index is 14.0. The lowest BCUT2D eigenvalue weighted by atomic mass is 10.1. The van der Waals surface area contributed by atoms with Crippen molar-refractivity contribution in [2.75, 3.05) is 10.8 Å². The highest BCUT2D eigenvalue weighted by molar-refractivity contribution is 7.92. The molecule has 2 amide bonds. The van der Waals surface area contributed by atoms with Gasteiger partial charge in [0.1, 0.15) is 12.6 Å². The van der Waals surface area contributed by atoms with Gasteiger partial charge in [0.25, 0.3) is 10.0 Å². The Kier molecular flexibility index (Phi) is 9.07. The summed E-state index contributed by atoms with van der Waals surface area (Å²) >= 11 is 0. The molecule has 0 aromatic heterocycles. The summed E-state index contributed by atoms with van der Waals surface area (Å²) in [6.07, 6.45) is 4.02. The Morgan fingerprint density at radius 3 is 2.15 bits per heavy atom. The monoisotopic (exact) mass is 547 g/mol. The molecule has 8 heteroatoms. The first-order valence-electron chi connectivity index (χ1n) is 13.5. The minimum atomic E-state index is -4.07. The van der Waals surface area contributed by atoms with Crippen LogP contribution in [0.25, 0.3) is 0 Å². The largest absolute Gasteiger partial charge is 0.352 e. The van der Waals surface area contributed by atoms with E-state index < -0.39 is 28.5 Å². The molecule has 206 valence electrons. The van der Waals surface area contributed by atoms with Crippen LogP contribution < -0.4 is 9.62 Å². The number of amides is 2. The van der Waals surface area contributed by atoms with Gasteiger partial charge in [-0.15, -0.1) is 0 Å². The second-order valence-electron chi connectivity index (χ2n) is 10.3. The van der Waals surface area contributed by atoms with Crippen molar-refractivity contribution >= 4 is 27.5 Å². The Balaban J connectivity index is 1.69. The summed E-state index contributed by atoms with van der Waals surface area (Å²) in [6.45, 7) is 5.22. The van der Waals surface area contributed by atoms with Gasteiger partial charge in [-0.25, -0.2) is 8.42 Å². The number of nitrogens with one attached hydrogen (secondary N) is 1. The zero-order valence-corrected chi connectivity index (χ0v) is 23.7. The van der Waals surface area contributed by atoms with Gasteiger partial charge in [0.05, 0.1) is 10.6 Å². The predicted molar refractivity (Wildman–Crippen MR) is 154 cm³/mol. The zero-order chi connectivity index (χ0) is 28.0. The van der Waals surface area contributed by atoms with Crippen LogP contribution in [-0.2, 0) is 26.2 Å². The van der Waals surface area contributed by atoms with Crippen LogP contribution in [0.3, 0.4) is 0 Å². The van der Waals surface area contributed by atoms with Crippen LogP contribution in [0, 0.1) is 13.8 Å². The van der Waals surface area contributed by atoms with Gasteiger partial charge < -0.3 is 10.2 Å². The molecule has 1 aliphatic rings. The van der Waals surface area contributed by atoms with Crippen molar-refractivity contribution in [3.63, 3.8) is 0 Å². The van der Waals surface area contributed by atoms with Crippen molar-refractivity contribution in [2.45, 2.75) is 70.0 Å². The second kappa shape index (κ2) is 12.5. The molecule has 3 aromatic rings. The Morgan fingerprint density at radius 2 is 1.54 bits per heavy atom. The highest BCUT2D eigenvalue weighted by Crippen LogP contribution is 2.28. The molecule has 1 atom stereocenters. The van der Waals surface area contributed by atoms with Crippen LogP contribution in [0.15, 0.2) is 83.8 Å². The SMILES string of the molecule is Cc1ccc(N(CC(=O)N(Cc2ccccc2)[C@H](C)C(=O)NC2CCCC2)S(=O)(=O)c2ccccc2)c(C)c1. The van der Waals surface area contributed by atoms with Crippen LogP contribution >= 0.6 is 0 Å². The van der Waals surface area contributed by atoms with Crippen molar-refractivity contribution in [1.29, 1.82) is 0 Å². The van der Waals surface area contributed by atoms with Crippen molar-refractivity contribution in [1.82, 2.24) is 10.2 Å². The van der Waals surface area contributed by atoms with Gasteiger partial charge in [0.15, 0.2) is 0 Å². The number of aryl methyl sites for hydroxylation is 2. The van der Waals surface area contributed by atoms with Crippen molar-refractivity contribution in [3.8, 4) is 0 Å². The van der Waals surface area contributed by atoms with Gasteiger partial charge in [-0.05, 0) is 62.9 Å². The molecule has 1 saturated carbocycles. The molecule has 1 N–H and O–H groups in total. The first-order valence-corrected chi connectivity index (χ1v) is 14.9. The van der Waals surface area contributed by atoms with E-state index in [1.165, 1.54) is 21.3 Å². The number of hydrogen-bond donors (Lipinski definition) is 1. The third-order valence-corrected chi connectivity index (χ3v) is 9.07. The van der Waals surface area contributed by atoms with Gasteiger partial charge in [-0.1, -0.05) is 79.1 Å². The minimum absolute atomic E-state index is 0.0967. The lowest BCUT2D eigenvalue weighted by Gasteiger charge is -2.33. The van der Waals surface area contributed by atoms with Crippen LogP contribution in [0.1, 0.15) is 49.3 Å². The number of carbonyl (C=O) groups excluding carboxylic acids is 2. The topological polar surface area (TPSA) is 86.8 Å². The summed E-state index contributed by atoms with van der Waals surface area (Å²) in [5.41, 5.74) is 3.02. The molecule has 4 rings (SSSR count). The van der Waals surface area contributed by atoms with E-state index in [9.17, 15) is 18.0 Å². The highest BCUT2D eigenvalue weighted by Gasteiger charge is 2.33. The normalized spacial score (nSPS) is 14.5. The molecule has 0 bridgehead atoms. The van der Waals surface area contributed by atoms with E-state index >= 15 is 0 Å². The molecule has 0 aliphatic heterocycles. The van der Waals surface area contributed by atoms with E-state index in [2.05, 4.69) is 5.32 Å². The van der Waals surface area contributed by atoms with Gasteiger partial charge in [0.2, 0.25) is 11.8 Å². The zero-order valence-electron chi connectivity index (χ0n) is 22.8. The minimum Gasteiger partial charge on any atom is -0.352 e. The average Bonchev–Trinajstić information content (AvgIpc) is 3.44. The summed E-state index contributed by atoms with van der Waals surface area (Å²) < 4.78 is 29.0. The third kappa shape index (κ3) is 6.87. The lowest BCUT2D eigenvalue weighted by molar-refractivity contribution is -0.139. The van der Waals surface area contributed by atoms with E-state index in [-0.39, 0.29) is 23.4 Å². The third-order valence-electron chi connectivity index (χ3n) is 7.30. The number of anilines is 1.